The average Bonchev–Trinajstić information content (AvgIpc) is 3.31. The summed E-state index contributed by atoms with van der Waals surface area (Å²) in [5, 5.41) is 0. The summed E-state index contributed by atoms with van der Waals surface area (Å²) in [6.45, 7) is 5.89. The SMILES string of the molecule is COC(=O)C1CC=C(c2ccc(OC)c(C3=C(CC4C(=O)O[C@@H](c5cc(C(F)(F)F)cc(C(F)(F)F)c5)[C@H]4C)CC(C)(C)CC3)c2)CC1. The fraction of sp³-hybridized carbons (Fsp3) is 0.514. The molecular weight excluding hydrogens is 638 g/mol. The molecule has 2 aromatic rings. The van der Waals surface area contributed by atoms with Gasteiger partial charge in [-0.15, -0.1) is 0 Å². The predicted octanol–water partition coefficient (Wildman–Crippen LogP) is 9.99. The van der Waals surface area contributed by atoms with Crippen LogP contribution in [0.25, 0.3) is 11.1 Å². The van der Waals surface area contributed by atoms with E-state index in [2.05, 4.69) is 26.0 Å². The molecule has 0 saturated carbocycles. The molecular formula is C37H40F6O5. The molecule has 260 valence electrons. The van der Waals surface area contributed by atoms with Crippen molar-refractivity contribution < 1.29 is 50.1 Å². The first-order chi connectivity index (χ1) is 22.4. The van der Waals surface area contributed by atoms with Crippen LogP contribution in [0.1, 0.15) is 99.6 Å². The van der Waals surface area contributed by atoms with Crippen molar-refractivity contribution in [3.63, 3.8) is 0 Å². The molecule has 2 unspecified atom stereocenters. The molecule has 3 aliphatic rings. The molecule has 0 radical (unpaired) electrons. The van der Waals surface area contributed by atoms with Crippen molar-refractivity contribution in [2.24, 2.45) is 23.2 Å². The maximum atomic E-state index is 13.6. The number of carbonyl (C=O) groups is 2. The monoisotopic (exact) mass is 678 g/mol. The number of methoxy groups -OCH3 is 2. The van der Waals surface area contributed by atoms with Crippen molar-refractivity contribution in [1.82, 2.24) is 0 Å². The summed E-state index contributed by atoms with van der Waals surface area (Å²) in [5.74, 6) is -1.87. The van der Waals surface area contributed by atoms with Crippen LogP contribution in [0.5, 0.6) is 5.75 Å². The number of esters is 2. The number of ether oxygens (including phenoxy) is 3. The lowest BCUT2D eigenvalue weighted by Crippen LogP contribution is -2.22. The lowest BCUT2D eigenvalue weighted by molar-refractivity contribution is -0.146. The third-order valence-electron chi connectivity index (χ3n) is 10.1. The number of benzene rings is 2. The number of cyclic esters (lactones) is 1. The van der Waals surface area contributed by atoms with Crippen LogP contribution in [0.15, 0.2) is 48.0 Å². The van der Waals surface area contributed by atoms with E-state index in [0.717, 1.165) is 34.3 Å². The highest BCUT2D eigenvalue weighted by atomic mass is 19.4. The molecule has 5 nitrogen and oxygen atoms in total. The van der Waals surface area contributed by atoms with Crippen molar-refractivity contribution in [3.05, 3.63) is 75.9 Å². The highest BCUT2D eigenvalue weighted by Gasteiger charge is 2.46. The van der Waals surface area contributed by atoms with Gasteiger partial charge in [-0.3, -0.25) is 9.59 Å². The van der Waals surface area contributed by atoms with Gasteiger partial charge in [0.25, 0.3) is 0 Å². The maximum absolute atomic E-state index is 13.6. The first kappa shape index (κ1) is 35.5. The number of allylic oxidation sites excluding steroid dienone is 4. The molecule has 11 heteroatoms. The van der Waals surface area contributed by atoms with Crippen molar-refractivity contribution >= 4 is 23.1 Å². The van der Waals surface area contributed by atoms with E-state index < -0.39 is 47.4 Å². The minimum Gasteiger partial charge on any atom is -0.496 e. The topological polar surface area (TPSA) is 61.8 Å². The Balaban J connectivity index is 1.50. The van der Waals surface area contributed by atoms with E-state index in [1.54, 1.807) is 14.0 Å². The molecule has 2 aliphatic carbocycles. The van der Waals surface area contributed by atoms with Crippen LogP contribution in [0, 0.1) is 23.2 Å². The summed E-state index contributed by atoms with van der Waals surface area (Å²) in [6, 6.07) is 7.30. The lowest BCUT2D eigenvalue weighted by Gasteiger charge is -2.35. The van der Waals surface area contributed by atoms with Crippen molar-refractivity contribution in [2.45, 2.75) is 84.2 Å². The molecule has 1 saturated heterocycles. The third kappa shape index (κ3) is 7.44. The Kier molecular flexibility index (Phi) is 9.83. The van der Waals surface area contributed by atoms with Gasteiger partial charge in [0.15, 0.2) is 0 Å². The fourth-order valence-corrected chi connectivity index (χ4v) is 7.35. The molecule has 2 aromatic carbocycles. The molecule has 48 heavy (non-hydrogen) atoms. The highest BCUT2D eigenvalue weighted by Crippen LogP contribution is 2.51. The summed E-state index contributed by atoms with van der Waals surface area (Å²) in [6.07, 6.45) is -4.86. The van der Waals surface area contributed by atoms with Gasteiger partial charge in [-0.05, 0) is 103 Å². The summed E-state index contributed by atoms with van der Waals surface area (Å²) >= 11 is 0. The number of hydrogen-bond donors (Lipinski definition) is 0. The Morgan fingerprint density at radius 1 is 0.979 bits per heavy atom. The van der Waals surface area contributed by atoms with Gasteiger partial charge in [-0.1, -0.05) is 38.5 Å². The molecule has 5 rings (SSSR count). The van der Waals surface area contributed by atoms with E-state index in [1.807, 2.05) is 12.1 Å². The van der Waals surface area contributed by atoms with Gasteiger partial charge in [0, 0.05) is 11.5 Å². The minimum absolute atomic E-state index is 0.0754. The average molecular weight is 679 g/mol. The number of rotatable bonds is 7. The normalized spacial score (nSPS) is 24.6. The van der Waals surface area contributed by atoms with Crippen molar-refractivity contribution in [2.75, 3.05) is 14.2 Å². The van der Waals surface area contributed by atoms with E-state index in [4.69, 9.17) is 14.2 Å². The Bertz CT molecular complexity index is 1600. The van der Waals surface area contributed by atoms with Gasteiger partial charge in [0.1, 0.15) is 11.9 Å². The second-order valence-corrected chi connectivity index (χ2v) is 13.9. The second kappa shape index (κ2) is 13.3. The van der Waals surface area contributed by atoms with Crippen molar-refractivity contribution in [1.29, 1.82) is 0 Å². The number of halogens is 6. The standard InChI is InChI=1S/C37H40F6O5/c1-20-29(34(45)48-32(20)24-14-26(36(38,39)40)18-27(15-24)37(41,42)43)17-25-19-35(2,3)13-12-28(25)30-16-23(10-11-31(30)46-4)21-6-8-22(9-7-21)33(44)47-5/h6,10-11,14-16,18,20,22,29,32H,7-9,12-13,17,19H2,1-5H3/t20-,22?,29?,32+/m0/s1. The number of hydrogen-bond acceptors (Lipinski definition) is 5. The smallest absolute Gasteiger partial charge is 0.416 e. The van der Waals surface area contributed by atoms with E-state index in [1.165, 1.54) is 7.11 Å². The largest absolute Gasteiger partial charge is 0.496 e. The number of alkyl halides is 6. The molecule has 0 N–H and O–H groups in total. The van der Waals surface area contributed by atoms with E-state index in [9.17, 15) is 35.9 Å². The minimum atomic E-state index is -5.01. The Morgan fingerprint density at radius 3 is 2.21 bits per heavy atom. The van der Waals surface area contributed by atoms with Gasteiger partial charge in [-0.25, -0.2) is 0 Å². The van der Waals surface area contributed by atoms with Crippen LogP contribution in [0.3, 0.4) is 0 Å². The Morgan fingerprint density at radius 2 is 1.65 bits per heavy atom. The first-order valence-corrected chi connectivity index (χ1v) is 16.1. The zero-order valence-electron chi connectivity index (χ0n) is 27.6. The quantitative estimate of drug-likeness (QED) is 0.216. The summed E-state index contributed by atoms with van der Waals surface area (Å²) < 4.78 is 98.0. The van der Waals surface area contributed by atoms with E-state index in [0.29, 0.717) is 50.0 Å². The lowest BCUT2D eigenvalue weighted by atomic mass is 9.69. The molecule has 4 atom stereocenters. The van der Waals surface area contributed by atoms with Gasteiger partial charge in [0.05, 0.1) is 37.2 Å². The summed E-state index contributed by atoms with van der Waals surface area (Å²) in [5.41, 5.74) is 1.64. The van der Waals surface area contributed by atoms with E-state index in [-0.39, 0.29) is 35.4 Å². The van der Waals surface area contributed by atoms with Crippen LogP contribution in [0.4, 0.5) is 26.3 Å². The summed E-state index contributed by atoms with van der Waals surface area (Å²) in [4.78, 5) is 25.4. The molecule has 1 heterocycles. The second-order valence-electron chi connectivity index (χ2n) is 13.9. The molecule has 0 amide bonds. The molecule has 1 fully saturated rings. The van der Waals surface area contributed by atoms with Crippen LogP contribution in [0.2, 0.25) is 0 Å². The number of carbonyl (C=O) groups excluding carboxylic acids is 2. The van der Waals surface area contributed by atoms with Crippen LogP contribution in [-0.2, 0) is 31.4 Å². The molecule has 0 aromatic heterocycles. The predicted molar refractivity (Wildman–Crippen MR) is 167 cm³/mol. The Labute approximate surface area is 276 Å². The molecule has 0 spiro atoms. The van der Waals surface area contributed by atoms with E-state index >= 15 is 0 Å². The zero-order valence-corrected chi connectivity index (χ0v) is 27.6. The van der Waals surface area contributed by atoms with Gasteiger partial charge >= 0.3 is 24.3 Å². The van der Waals surface area contributed by atoms with Crippen LogP contribution < -0.4 is 4.74 Å². The van der Waals surface area contributed by atoms with Gasteiger partial charge in [0.2, 0.25) is 0 Å². The maximum Gasteiger partial charge on any atom is 0.416 e. The zero-order chi connectivity index (χ0) is 35.2. The molecule has 0 bridgehead atoms. The van der Waals surface area contributed by atoms with Crippen LogP contribution >= 0.6 is 0 Å². The van der Waals surface area contributed by atoms with Gasteiger partial charge in [-0.2, -0.15) is 26.3 Å². The molecule has 1 aliphatic heterocycles. The van der Waals surface area contributed by atoms with Gasteiger partial charge < -0.3 is 14.2 Å². The fourth-order valence-electron chi connectivity index (χ4n) is 7.35. The summed E-state index contributed by atoms with van der Waals surface area (Å²) in [7, 11) is 2.97. The van der Waals surface area contributed by atoms with Crippen molar-refractivity contribution in [3.8, 4) is 5.75 Å². The first-order valence-electron chi connectivity index (χ1n) is 16.1. The Hall–Kier alpha value is -3.76. The third-order valence-corrected chi connectivity index (χ3v) is 10.1. The van der Waals surface area contributed by atoms with Crippen LogP contribution in [-0.4, -0.2) is 26.2 Å². The highest BCUT2D eigenvalue weighted by molar-refractivity contribution is 5.81.